The molecule has 0 unspecified atom stereocenters. The number of nitrogens with zero attached hydrogens (tertiary/aromatic N) is 1. The van der Waals surface area contributed by atoms with E-state index in [-0.39, 0.29) is 17.6 Å². The van der Waals surface area contributed by atoms with Gasteiger partial charge in [-0.2, -0.15) is 0 Å². The van der Waals surface area contributed by atoms with Crippen LogP contribution in [0.3, 0.4) is 0 Å². The van der Waals surface area contributed by atoms with Gasteiger partial charge in [0.1, 0.15) is 11.4 Å². The second-order valence-electron chi connectivity index (χ2n) is 7.18. The molecule has 1 aliphatic heterocycles. The Bertz CT molecular complexity index is 505. The minimum absolute atomic E-state index is 0.176. The van der Waals surface area contributed by atoms with Gasteiger partial charge in [0.2, 0.25) is 5.91 Å². The molecule has 0 aliphatic carbocycles. The third kappa shape index (κ3) is 4.73. The number of hydrogen-bond acceptors (Lipinski definition) is 3. The molecule has 0 radical (unpaired) electrons. The Morgan fingerprint density at radius 3 is 2.45 bits per heavy atom. The van der Waals surface area contributed by atoms with Gasteiger partial charge >= 0.3 is 0 Å². The van der Waals surface area contributed by atoms with Crippen LogP contribution in [0, 0.1) is 0 Å². The molecule has 4 heteroatoms. The minimum Gasteiger partial charge on any atom is -0.488 e. The zero-order valence-corrected chi connectivity index (χ0v) is 14.3. The summed E-state index contributed by atoms with van der Waals surface area (Å²) in [5, 5.41) is 3.62. The minimum atomic E-state index is -0.176. The van der Waals surface area contributed by atoms with E-state index in [4.69, 9.17) is 4.74 Å². The molecule has 2 atom stereocenters. The average molecular weight is 304 g/mol. The van der Waals surface area contributed by atoms with Crippen LogP contribution >= 0.6 is 0 Å². The molecule has 1 N–H and O–H groups in total. The summed E-state index contributed by atoms with van der Waals surface area (Å²) in [5.41, 5.74) is 1.06. The molecule has 0 aromatic heterocycles. The van der Waals surface area contributed by atoms with Gasteiger partial charge in [-0.3, -0.25) is 4.79 Å². The number of amides is 1. The van der Waals surface area contributed by atoms with E-state index in [1.165, 1.54) is 5.56 Å². The average Bonchev–Trinajstić information content (AvgIpc) is 2.42. The van der Waals surface area contributed by atoms with Gasteiger partial charge in [0, 0.05) is 32.1 Å². The first-order valence-electron chi connectivity index (χ1n) is 8.03. The fourth-order valence-corrected chi connectivity index (χ4v) is 2.78. The Labute approximate surface area is 133 Å². The van der Waals surface area contributed by atoms with Crippen molar-refractivity contribution in [2.45, 2.75) is 58.2 Å². The number of likely N-dealkylation sites (N-methyl/N-ethyl adjacent to an activating group) is 1. The maximum absolute atomic E-state index is 11.5. The molecule has 1 heterocycles. The van der Waals surface area contributed by atoms with Crippen molar-refractivity contribution in [2.75, 3.05) is 13.6 Å². The summed E-state index contributed by atoms with van der Waals surface area (Å²) in [6, 6.07) is 8.88. The molecule has 22 heavy (non-hydrogen) atoms. The number of hydrogen-bond donors (Lipinski definition) is 1. The maximum Gasteiger partial charge on any atom is 0.222 e. The van der Waals surface area contributed by atoms with Crippen LogP contribution in [-0.2, 0) is 4.79 Å². The number of benzene rings is 1. The molecule has 1 aromatic carbocycles. The number of nitrogens with one attached hydrogen (secondary N) is 1. The van der Waals surface area contributed by atoms with Gasteiger partial charge in [0.15, 0.2) is 0 Å². The Morgan fingerprint density at radius 1 is 1.27 bits per heavy atom. The van der Waals surface area contributed by atoms with E-state index in [1.54, 1.807) is 0 Å². The third-order valence-electron chi connectivity index (χ3n) is 3.92. The molecule has 1 amide bonds. The van der Waals surface area contributed by atoms with Gasteiger partial charge in [0.25, 0.3) is 0 Å². The molecule has 0 bridgehead atoms. The van der Waals surface area contributed by atoms with Gasteiger partial charge in [-0.1, -0.05) is 12.1 Å². The Morgan fingerprint density at radius 2 is 1.91 bits per heavy atom. The molecule has 1 saturated heterocycles. The van der Waals surface area contributed by atoms with E-state index in [2.05, 4.69) is 24.4 Å². The van der Waals surface area contributed by atoms with E-state index in [9.17, 15) is 4.79 Å². The van der Waals surface area contributed by atoms with Crippen LogP contribution in [-0.4, -0.2) is 36.0 Å². The molecule has 0 spiro atoms. The lowest BCUT2D eigenvalue weighted by atomic mass is 10.0. The SMILES string of the molecule is C[C@H](N[C@H]1CCC(=O)N(C)C1)c1ccc(OC(C)(C)C)cc1. The fraction of sp³-hybridized carbons (Fsp3) is 0.611. The van der Waals surface area contributed by atoms with E-state index in [0.717, 1.165) is 18.7 Å². The molecule has 122 valence electrons. The van der Waals surface area contributed by atoms with Crippen molar-refractivity contribution in [3.05, 3.63) is 29.8 Å². The quantitative estimate of drug-likeness (QED) is 0.929. The summed E-state index contributed by atoms with van der Waals surface area (Å²) >= 11 is 0. The standard InChI is InChI=1S/C18H28N2O2/c1-13(19-15-8-11-17(21)20(5)12-15)14-6-9-16(10-7-14)22-18(2,3)4/h6-7,9-10,13,15,19H,8,11-12H2,1-5H3/t13-,15-/m0/s1. The number of rotatable bonds is 4. The van der Waals surface area contributed by atoms with Gasteiger partial charge < -0.3 is 15.0 Å². The highest BCUT2D eigenvalue weighted by molar-refractivity contribution is 5.76. The first kappa shape index (κ1) is 16.8. The summed E-state index contributed by atoms with van der Waals surface area (Å²) in [5.74, 6) is 1.14. The highest BCUT2D eigenvalue weighted by Crippen LogP contribution is 2.22. The number of piperidine rings is 1. The smallest absolute Gasteiger partial charge is 0.222 e. The lowest BCUT2D eigenvalue weighted by molar-refractivity contribution is -0.132. The Hall–Kier alpha value is -1.55. The molecule has 1 aromatic rings. The van der Waals surface area contributed by atoms with Crippen LogP contribution in [0.5, 0.6) is 5.75 Å². The van der Waals surface area contributed by atoms with Crippen LogP contribution < -0.4 is 10.1 Å². The Kier molecular flexibility index (Phi) is 5.12. The molecule has 1 fully saturated rings. The van der Waals surface area contributed by atoms with Crippen molar-refractivity contribution >= 4 is 5.91 Å². The number of carbonyl (C=O) groups is 1. The number of ether oxygens (including phenoxy) is 1. The van der Waals surface area contributed by atoms with Gasteiger partial charge in [-0.05, 0) is 51.8 Å². The summed E-state index contributed by atoms with van der Waals surface area (Å²) in [6.07, 6.45) is 1.55. The normalized spacial score (nSPS) is 20.9. The first-order valence-corrected chi connectivity index (χ1v) is 8.03. The summed E-state index contributed by atoms with van der Waals surface area (Å²) in [4.78, 5) is 13.3. The first-order chi connectivity index (χ1) is 10.2. The Balaban J connectivity index is 1.92. The predicted molar refractivity (Wildman–Crippen MR) is 89.0 cm³/mol. The second-order valence-corrected chi connectivity index (χ2v) is 7.18. The summed E-state index contributed by atoms with van der Waals surface area (Å²) < 4.78 is 5.85. The fourth-order valence-electron chi connectivity index (χ4n) is 2.78. The maximum atomic E-state index is 11.5. The molecule has 0 saturated carbocycles. The van der Waals surface area contributed by atoms with Crippen LogP contribution in [0.25, 0.3) is 0 Å². The van der Waals surface area contributed by atoms with Crippen molar-refractivity contribution in [3.63, 3.8) is 0 Å². The predicted octanol–water partition coefficient (Wildman–Crippen LogP) is 3.14. The lowest BCUT2D eigenvalue weighted by Gasteiger charge is -2.32. The third-order valence-corrected chi connectivity index (χ3v) is 3.92. The van der Waals surface area contributed by atoms with Crippen molar-refractivity contribution in [1.29, 1.82) is 0 Å². The van der Waals surface area contributed by atoms with E-state index in [0.29, 0.717) is 12.5 Å². The van der Waals surface area contributed by atoms with E-state index in [1.807, 2.05) is 44.9 Å². The van der Waals surface area contributed by atoms with Crippen LogP contribution in [0.4, 0.5) is 0 Å². The number of carbonyl (C=O) groups excluding carboxylic acids is 1. The highest BCUT2D eigenvalue weighted by Gasteiger charge is 2.24. The van der Waals surface area contributed by atoms with E-state index >= 15 is 0 Å². The largest absolute Gasteiger partial charge is 0.488 e. The van der Waals surface area contributed by atoms with Gasteiger partial charge in [-0.25, -0.2) is 0 Å². The van der Waals surface area contributed by atoms with Crippen LogP contribution in [0.15, 0.2) is 24.3 Å². The van der Waals surface area contributed by atoms with E-state index < -0.39 is 0 Å². The second kappa shape index (κ2) is 6.69. The van der Waals surface area contributed by atoms with Crippen molar-refractivity contribution < 1.29 is 9.53 Å². The topological polar surface area (TPSA) is 41.6 Å². The summed E-state index contributed by atoms with van der Waals surface area (Å²) in [7, 11) is 1.87. The van der Waals surface area contributed by atoms with Crippen LogP contribution in [0.2, 0.25) is 0 Å². The monoisotopic (exact) mass is 304 g/mol. The molecular weight excluding hydrogens is 276 g/mol. The molecular formula is C18H28N2O2. The zero-order chi connectivity index (χ0) is 16.3. The molecule has 2 rings (SSSR count). The van der Waals surface area contributed by atoms with Crippen LogP contribution in [0.1, 0.15) is 52.1 Å². The van der Waals surface area contributed by atoms with Crippen molar-refractivity contribution in [2.24, 2.45) is 0 Å². The zero-order valence-electron chi connectivity index (χ0n) is 14.3. The van der Waals surface area contributed by atoms with Crippen molar-refractivity contribution in [1.82, 2.24) is 10.2 Å². The molecule has 1 aliphatic rings. The van der Waals surface area contributed by atoms with Crippen molar-refractivity contribution in [3.8, 4) is 5.75 Å². The highest BCUT2D eigenvalue weighted by atomic mass is 16.5. The number of likely N-dealkylation sites (tertiary alicyclic amines) is 1. The van der Waals surface area contributed by atoms with Gasteiger partial charge in [-0.15, -0.1) is 0 Å². The molecule has 4 nitrogen and oxygen atoms in total. The van der Waals surface area contributed by atoms with Gasteiger partial charge in [0.05, 0.1) is 0 Å². The summed E-state index contributed by atoms with van der Waals surface area (Å²) in [6.45, 7) is 9.09. The lowest BCUT2D eigenvalue weighted by Crippen LogP contribution is -2.47.